The SMILES string of the molecule is CCNCCNC(C)C.Cc1ccccc1. The van der Waals surface area contributed by atoms with Crippen LogP contribution in [0.1, 0.15) is 26.3 Å². The van der Waals surface area contributed by atoms with Crippen LogP contribution < -0.4 is 10.6 Å². The van der Waals surface area contributed by atoms with Gasteiger partial charge in [0.1, 0.15) is 0 Å². The van der Waals surface area contributed by atoms with Crippen molar-refractivity contribution in [2.45, 2.75) is 33.7 Å². The summed E-state index contributed by atoms with van der Waals surface area (Å²) in [6.45, 7) is 11.7. The Morgan fingerprint density at radius 1 is 1.06 bits per heavy atom. The molecule has 0 aromatic heterocycles. The molecular weight excluding hydrogens is 196 g/mol. The van der Waals surface area contributed by atoms with Crippen molar-refractivity contribution in [2.75, 3.05) is 19.6 Å². The fourth-order valence-electron chi connectivity index (χ4n) is 1.16. The lowest BCUT2D eigenvalue weighted by Crippen LogP contribution is -2.31. The normalized spacial score (nSPS) is 9.81. The lowest BCUT2D eigenvalue weighted by Gasteiger charge is -2.06. The van der Waals surface area contributed by atoms with E-state index in [4.69, 9.17) is 0 Å². The molecule has 2 N–H and O–H groups in total. The second kappa shape index (κ2) is 10.7. The Balaban J connectivity index is 0.000000288. The highest BCUT2D eigenvalue weighted by atomic mass is 14.9. The molecule has 0 fully saturated rings. The largest absolute Gasteiger partial charge is 0.316 e. The second-order valence-electron chi connectivity index (χ2n) is 4.12. The third kappa shape index (κ3) is 11.2. The first kappa shape index (κ1) is 15.1. The maximum absolute atomic E-state index is 3.32. The van der Waals surface area contributed by atoms with Crippen molar-refractivity contribution in [1.29, 1.82) is 0 Å². The van der Waals surface area contributed by atoms with E-state index in [1.54, 1.807) is 0 Å². The van der Waals surface area contributed by atoms with E-state index >= 15 is 0 Å². The van der Waals surface area contributed by atoms with Gasteiger partial charge in [0.05, 0.1) is 0 Å². The first-order valence-corrected chi connectivity index (χ1v) is 6.12. The minimum absolute atomic E-state index is 0.614. The molecule has 0 heterocycles. The molecule has 0 bridgehead atoms. The van der Waals surface area contributed by atoms with E-state index in [1.165, 1.54) is 5.56 Å². The fraction of sp³-hybridized carbons (Fsp3) is 0.571. The number of likely N-dealkylation sites (N-methyl/N-ethyl adjacent to an activating group) is 1. The molecule has 2 nitrogen and oxygen atoms in total. The lowest BCUT2D eigenvalue weighted by molar-refractivity contribution is 0.562. The molecule has 0 saturated heterocycles. The molecule has 1 aromatic carbocycles. The Morgan fingerprint density at radius 3 is 2.06 bits per heavy atom. The van der Waals surface area contributed by atoms with Gasteiger partial charge in [0.15, 0.2) is 0 Å². The Labute approximate surface area is 100 Å². The van der Waals surface area contributed by atoms with Crippen molar-refractivity contribution >= 4 is 0 Å². The van der Waals surface area contributed by atoms with E-state index in [9.17, 15) is 0 Å². The number of benzene rings is 1. The van der Waals surface area contributed by atoms with Gasteiger partial charge in [-0.2, -0.15) is 0 Å². The molecule has 92 valence electrons. The van der Waals surface area contributed by atoms with Gasteiger partial charge in [0.2, 0.25) is 0 Å². The number of aryl methyl sites for hydroxylation is 1. The van der Waals surface area contributed by atoms with Gasteiger partial charge in [0.25, 0.3) is 0 Å². The highest BCUT2D eigenvalue weighted by Crippen LogP contribution is 1.92. The Bertz CT molecular complexity index is 232. The Hall–Kier alpha value is -0.860. The van der Waals surface area contributed by atoms with Crippen LogP contribution in [0.3, 0.4) is 0 Å². The van der Waals surface area contributed by atoms with Crippen LogP contribution in [0.4, 0.5) is 0 Å². The molecule has 2 heteroatoms. The molecule has 1 rings (SSSR count). The standard InChI is InChI=1S/C7H18N2.C7H8/c1-4-8-5-6-9-7(2)3;1-7-5-3-2-4-6-7/h7-9H,4-6H2,1-3H3;2-6H,1H3. The van der Waals surface area contributed by atoms with Gasteiger partial charge in [-0.25, -0.2) is 0 Å². The van der Waals surface area contributed by atoms with Crippen molar-refractivity contribution in [3.05, 3.63) is 35.9 Å². The van der Waals surface area contributed by atoms with E-state index in [0.717, 1.165) is 19.6 Å². The highest BCUT2D eigenvalue weighted by Gasteiger charge is 1.88. The number of nitrogens with one attached hydrogen (secondary N) is 2. The predicted molar refractivity (Wildman–Crippen MR) is 72.9 cm³/mol. The predicted octanol–water partition coefficient (Wildman–Crippen LogP) is 2.59. The van der Waals surface area contributed by atoms with E-state index in [1.807, 2.05) is 18.2 Å². The Morgan fingerprint density at radius 2 is 1.69 bits per heavy atom. The van der Waals surface area contributed by atoms with Crippen LogP contribution in [0.5, 0.6) is 0 Å². The number of rotatable bonds is 5. The third-order valence-corrected chi connectivity index (χ3v) is 2.04. The van der Waals surface area contributed by atoms with Crippen LogP contribution in [0.25, 0.3) is 0 Å². The summed E-state index contributed by atoms with van der Waals surface area (Å²) in [6, 6.07) is 10.9. The zero-order valence-electron chi connectivity index (χ0n) is 11.1. The van der Waals surface area contributed by atoms with Crippen molar-refractivity contribution in [3.63, 3.8) is 0 Å². The average molecular weight is 222 g/mol. The highest BCUT2D eigenvalue weighted by molar-refractivity contribution is 5.11. The van der Waals surface area contributed by atoms with Gasteiger partial charge in [-0.15, -0.1) is 0 Å². The summed E-state index contributed by atoms with van der Waals surface area (Å²) in [6.07, 6.45) is 0. The molecule has 0 spiro atoms. The van der Waals surface area contributed by atoms with Crippen LogP contribution in [-0.4, -0.2) is 25.7 Å². The van der Waals surface area contributed by atoms with Crippen molar-refractivity contribution in [3.8, 4) is 0 Å². The monoisotopic (exact) mass is 222 g/mol. The summed E-state index contributed by atoms with van der Waals surface area (Å²) in [5, 5.41) is 6.56. The molecule has 0 unspecified atom stereocenters. The first-order chi connectivity index (χ1) is 7.66. The summed E-state index contributed by atoms with van der Waals surface area (Å²) >= 11 is 0. The molecule has 1 aromatic rings. The van der Waals surface area contributed by atoms with E-state index in [0.29, 0.717) is 6.04 Å². The molecular formula is C14H26N2. The van der Waals surface area contributed by atoms with E-state index in [-0.39, 0.29) is 0 Å². The van der Waals surface area contributed by atoms with Crippen LogP contribution in [0, 0.1) is 6.92 Å². The zero-order chi connectivity index (χ0) is 12.2. The summed E-state index contributed by atoms with van der Waals surface area (Å²) in [5.74, 6) is 0. The van der Waals surface area contributed by atoms with Crippen LogP contribution in [0.2, 0.25) is 0 Å². The molecule has 0 aliphatic heterocycles. The minimum atomic E-state index is 0.614. The second-order valence-corrected chi connectivity index (χ2v) is 4.12. The smallest absolute Gasteiger partial charge is 0.00790 e. The molecule has 0 aliphatic carbocycles. The van der Waals surface area contributed by atoms with Crippen molar-refractivity contribution in [1.82, 2.24) is 10.6 Å². The van der Waals surface area contributed by atoms with Crippen molar-refractivity contribution in [2.24, 2.45) is 0 Å². The van der Waals surface area contributed by atoms with Gasteiger partial charge in [-0.05, 0) is 13.5 Å². The summed E-state index contributed by atoms with van der Waals surface area (Å²) in [5.41, 5.74) is 1.32. The van der Waals surface area contributed by atoms with Gasteiger partial charge in [-0.3, -0.25) is 0 Å². The molecule has 0 saturated carbocycles. The van der Waals surface area contributed by atoms with Gasteiger partial charge in [-0.1, -0.05) is 56.7 Å². The molecule has 0 amide bonds. The topological polar surface area (TPSA) is 24.1 Å². The Kier molecular flexibility index (Phi) is 10.1. The van der Waals surface area contributed by atoms with Crippen LogP contribution in [0.15, 0.2) is 30.3 Å². The molecule has 16 heavy (non-hydrogen) atoms. The van der Waals surface area contributed by atoms with Gasteiger partial charge >= 0.3 is 0 Å². The van der Waals surface area contributed by atoms with Crippen LogP contribution in [-0.2, 0) is 0 Å². The summed E-state index contributed by atoms with van der Waals surface area (Å²) < 4.78 is 0. The van der Waals surface area contributed by atoms with E-state index < -0.39 is 0 Å². The maximum atomic E-state index is 3.32. The third-order valence-electron chi connectivity index (χ3n) is 2.04. The molecule has 0 aliphatic rings. The fourth-order valence-corrected chi connectivity index (χ4v) is 1.16. The average Bonchev–Trinajstić information content (AvgIpc) is 2.26. The molecule has 0 radical (unpaired) electrons. The van der Waals surface area contributed by atoms with Gasteiger partial charge in [0, 0.05) is 19.1 Å². The summed E-state index contributed by atoms with van der Waals surface area (Å²) in [7, 11) is 0. The van der Waals surface area contributed by atoms with Crippen LogP contribution >= 0.6 is 0 Å². The lowest BCUT2D eigenvalue weighted by atomic mass is 10.2. The van der Waals surface area contributed by atoms with Crippen molar-refractivity contribution < 1.29 is 0 Å². The van der Waals surface area contributed by atoms with Gasteiger partial charge < -0.3 is 10.6 Å². The van der Waals surface area contributed by atoms with E-state index in [2.05, 4.69) is 50.5 Å². The minimum Gasteiger partial charge on any atom is -0.316 e. The summed E-state index contributed by atoms with van der Waals surface area (Å²) in [4.78, 5) is 0. The quantitative estimate of drug-likeness (QED) is 0.748. The maximum Gasteiger partial charge on any atom is 0.00790 e. The zero-order valence-corrected chi connectivity index (χ0v) is 11.1. The first-order valence-electron chi connectivity index (χ1n) is 6.12. The number of hydrogen-bond acceptors (Lipinski definition) is 2. The molecule has 0 atom stereocenters. The number of hydrogen-bond donors (Lipinski definition) is 2.